The Morgan fingerprint density at radius 2 is 2.06 bits per heavy atom. The molecule has 1 aromatic carbocycles. The van der Waals surface area contributed by atoms with Crippen LogP contribution in [0.3, 0.4) is 0 Å². The number of methoxy groups -OCH3 is 1. The highest BCUT2D eigenvalue weighted by Crippen LogP contribution is 2.15. The van der Waals surface area contributed by atoms with Crippen LogP contribution >= 0.6 is 11.6 Å². The van der Waals surface area contributed by atoms with Crippen molar-refractivity contribution in [3.8, 4) is 0 Å². The van der Waals surface area contributed by atoms with Crippen LogP contribution < -0.4 is 0 Å². The number of alkyl halides is 1. The lowest BCUT2D eigenvalue weighted by Crippen LogP contribution is -2.35. The van der Waals surface area contributed by atoms with Crippen LogP contribution in [0.15, 0.2) is 18.2 Å². The van der Waals surface area contributed by atoms with E-state index in [4.69, 9.17) is 16.3 Å². The lowest BCUT2D eigenvalue weighted by Gasteiger charge is -2.22. The lowest BCUT2D eigenvalue weighted by molar-refractivity contribution is 0.0707. The van der Waals surface area contributed by atoms with E-state index in [1.807, 2.05) is 32.0 Å². The van der Waals surface area contributed by atoms with Crippen molar-refractivity contribution < 1.29 is 9.53 Å². The van der Waals surface area contributed by atoms with E-state index in [9.17, 15) is 4.79 Å². The zero-order valence-electron chi connectivity index (χ0n) is 11.2. The van der Waals surface area contributed by atoms with E-state index >= 15 is 0 Å². The van der Waals surface area contributed by atoms with Crippen molar-refractivity contribution in [2.45, 2.75) is 13.8 Å². The molecule has 0 aromatic heterocycles. The van der Waals surface area contributed by atoms with Crippen LogP contribution in [-0.4, -0.2) is 43.5 Å². The minimum atomic E-state index is 0.0221. The fourth-order valence-corrected chi connectivity index (χ4v) is 1.98. The quantitative estimate of drug-likeness (QED) is 0.743. The summed E-state index contributed by atoms with van der Waals surface area (Å²) in [5.74, 6) is 0.453. The highest BCUT2D eigenvalue weighted by Gasteiger charge is 2.17. The molecule has 3 nitrogen and oxygen atoms in total. The number of amides is 1. The third-order valence-electron chi connectivity index (χ3n) is 3.04. The number of aryl methyl sites for hydroxylation is 1. The average Bonchev–Trinajstić information content (AvgIpc) is 2.37. The summed E-state index contributed by atoms with van der Waals surface area (Å²) in [5.41, 5.74) is 2.90. The molecule has 0 saturated carbocycles. The Hall–Kier alpha value is -1.06. The molecule has 0 atom stereocenters. The average molecular weight is 270 g/mol. The van der Waals surface area contributed by atoms with Crippen molar-refractivity contribution >= 4 is 17.5 Å². The number of nitrogens with zero attached hydrogens (tertiary/aromatic N) is 1. The first-order valence-electron chi connectivity index (χ1n) is 6.02. The summed E-state index contributed by atoms with van der Waals surface area (Å²) in [6.45, 7) is 5.60. The molecule has 1 rings (SSSR count). The Morgan fingerprint density at radius 3 is 2.67 bits per heavy atom. The maximum atomic E-state index is 12.4. The third-order valence-corrected chi connectivity index (χ3v) is 3.21. The Kier molecular flexibility index (Phi) is 6.16. The van der Waals surface area contributed by atoms with E-state index in [-0.39, 0.29) is 5.91 Å². The molecular weight excluding hydrogens is 250 g/mol. The number of rotatable bonds is 6. The summed E-state index contributed by atoms with van der Waals surface area (Å²) in [5, 5.41) is 0. The van der Waals surface area contributed by atoms with Gasteiger partial charge in [0.1, 0.15) is 0 Å². The zero-order chi connectivity index (χ0) is 13.5. The van der Waals surface area contributed by atoms with Crippen LogP contribution in [0.2, 0.25) is 0 Å². The molecule has 0 fully saturated rings. The van der Waals surface area contributed by atoms with Gasteiger partial charge in [0.15, 0.2) is 0 Å². The smallest absolute Gasteiger partial charge is 0.254 e. The van der Waals surface area contributed by atoms with Gasteiger partial charge in [-0.3, -0.25) is 4.79 Å². The van der Waals surface area contributed by atoms with Crippen LogP contribution in [0, 0.1) is 13.8 Å². The van der Waals surface area contributed by atoms with Gasteiger partial charge in [-0.1, -0.05) is 12.1 Å². The second-order valence-corrected chi connectivity index (χ2v) is 4.60. The number of carbonyl (C=O) groups is 1. The van der Waals surface area contributed by atoms with Gasteiger partial charge in [-0.25, -0.2) is 0 Å². The molecule has 0 aliphatic rings. The van der Waals surface area contributed by atoms with Crippen molar-refractivity contribution in [1.29, 1.82) is 0 Å². The van der Waals surface area contributed by atoms with Gasteiger partial charge in [0.2, 0.25) is 0 Å². The topological polar surface area (TPSA) is 29.5 Å². The third kappa shape index (κ3) is 3.72. The first-order valence-corrected chi connectivity index (χ1v) is 6.55. The van der Waals surface area contributed by atoms with Gasteiger partial charge in [-0.2, -0.15) is 0 Å². The van der Waals surface area contributed by atoms with Crippen molar-refractivity contribution in [1.82, 2.24) is 4.90 Å². The van der Waals surface area contributed by atoms with Gasteiger partial charge >= 0.3 is 0 Å². The second kappa shape index (κ2) is 7.39. The minimum Gasteiger partial charge on any atom is -0.383 e. The van der Waals surface area contributed by atoms with Gasteiger partial charge in [0, 0.05) is 31.6 Å². The van der Waals surface area contributed by atoms with Crippen LogP contribution in [0.5, 0.6) is 0 Å². The van der Waals surface area contributed by atoms with Gasteiger partial charge in [0.05, 0.1) is 6.61 Å². The molecule has 18 heavy (non-hydrogen) atoms. The first-order chi connectivity index (χ1) is 8.61. The van der Waals surface area contributed by atoms with E-state index in [2.05, 4.69) is 0 Å². The van der Waals surface area contributed by atoms with Crippen molar-refractivity contribution in [2.75, 3.05) is 32.7 Å². The molecule has 0 bridgehead atoms. The van der Waals surface area contributed by atoms with E-state index in [0.29, 0.717) is 25.6 Å². The number of hydrogen-bond acceptors (Lipinski definition) is 2. The molecule has 100 valence electrons. The SMILES string of the molecule is COCCN(CCCl)C(=O)c1cccc(C)c1C. The molecule has 0 unspecified atom stereocenters. The molecular formula is C14H20ClNO2. The highest BCUT2D eigenvalue weighted by molar-refractivity contribution is 6.18. The summed E-state index contributed by atoms with van der Waals surface area (Å²) in [6, 6.07) is 5.77. The van der Waals surface area contributed by atoms with E-state index in [0.717, 1.165) is 16.7 Å². The molecule has 0 aliphatic carbocycles. The maximum Gasteiger partial charge on any atom is 0.254 e. The molecule has 1 amide bonds. The number of benzene rings is 1. The molecule has 0 N–H and O–H groups in total. The predicted molar refractivity (Wildman–Crippen MR) is 74.4 cm³/mol. The van der Waals surface area contributed by atoms with Crippen LogP contribution in [0.25, 0.3) is 0 Å². The minimum absolute atomic E-state index is 0.0221. The molecule has 4 heteroatoms. The van der Waals surface area contributed by atoms with Gasteiger partial charge in [0.25, 0.3) is 5.91 Å². The fraction of sp³-hybridized carbons (Fsp3) is 0.500. The van der Waals surface area contributed by atoms with Crippen LogP contribution in [-0.2, 0) is 4.74 Å². The van der Waals surface area contributed by atoms with Crippen molar-refractivity contribution in [2.24, 2.45) is 0 Å². The molecule has 0 saturated heterocycles. The van der Waals surface area contributed by atoms with Gasteiger partial charge in [-0.05, 0) is 31.0 Å². The van der Waals surface area contributed by atoms with Crippen molar-refractivity contribution in [3.05, 3.63) is 34.9 Å². The lowest BCUT2D eigenvalue weighted by atomic mass is 10.0. The van der Waals surface area contributed by atoms with Gasteiger partial charge < -0.3 is 9.64 Å². The van der Waals surface area contributed by atoms with Gasteiger partial charge in [-0.15, -0.1) is 11.6 Å². The Morgan fingerprint density at radius 1 is 1.33 bits per heavy atom. The first kappa shape index (κ1) is 15.0. The number of carbonyl (C=O) groups excluding carboxylic acids is 1. The number of halogens is 1. The molecule has 0 radical (unpaired) electrons. The summed E-state index contributed by atoms with van der Waals surface area (Å²) in [6.07, 6.45) is 0. The van der Waals surface area contributed by atoms with E-state index in [1.165, 1.54) is 0 Å². The summed E-state index contributed by atoms with van der Waals surface area (Å²) in [4.78, 5) is 14.2. The normalized spacial score (nSPS) is 10.4. The summed E-state index contributed by atoms with van der Waals surface area (Å²) < 4.78 is 5.02. The summed E-state index contributed by atoms with van der Waals surface area (Å²) in [7, 11) is 1.63. The van der Waals surface area contributed by atoms with E-state index < -0.39 is 0 Å². The fourth-order valence-electron chi connectivity index (χ4n) is 1.77. The standard InChI is InChI=1S/C14H20ClNO2/c1-11-5-4-6-13(12(11)2)14(17)16(8-7-15)9-10-18-3/h4-6H,7-10H2,1-3H3. The number of hydrogen-bond donors (Lipinski definition) is 0. The summed E-state index contributed by atoms with van der Waals surface area (Å²) >= 11 is 5.74. The van der Waals surface area contributed by atoms with Crippen LogP contribution in [0.1, 0.15) is 21.5 Å². The largest absolute Gasteiger partial charge is 0.383 e. The monoisotopic (exact) mass is 269 g/mol. The highest BCUT2D eigenvalue weighted by atomic mass is 35.5. The predicted octanol–water partition coefficient (Wildman–Crippen LogP) is 2.63. The maximum absolute atomic E-state index is 12.4. The Balaban J connectivity index is 2.90. The van der Waals surface area contributed by atoms with Crippen LogP contribution in [0.4, 0.5) is 0 Å². The molecule has 0 aliphatic heterocycles. The zero-order valence-corrected chi connectivity index (χ0v) is 12.0. The molecule has 0 heterocycles. The van der Waals surface area contributed by atoms with Crippen molar-refractivity contribution in [3.63, 3.8) is 0 Å². The molecule has 1 aromatic rings. The van der Waals surface area contributed by atoms with E-state index in [1.54, 1.807) is 12.0 Å². The molecule has 0 spiro atoms. The Labute approximate surface area is 114 Å². The Bertz CT molecular complexity index is 407. The number of ether oxygens (including phenoxy) is 1. The second-order valence-electron chi connectivity index (χ2n) is 4.22.